The van der Waals surface area contributed by atoms with E-state index in [9.17, 15) is 21.6 Å². The van der Waals surface area contributed by atoms with Gasteiger partial charge < -0.3 is 9.47 Å². The first kappa shape index (κ1) is 23.1. The van der Waals surface area contributed by atoms with E-state index in [-0.39, 0.29) is 61.9 Å². The zero-order chi connectivity index (χ0) is 22.1. The average molecular weight is 462 g/mol. The summed E-state index contributed by atoms with van der Waals surface area (Å²) in [4.78, 5) is 11.6. The second-order valence-corrected chi connectivity index (χ2v) is 11.3. The maximum Gasteiger partial charge on any atom is 0.337 e. The Kier molecular flexibility index (Phi) is 6.84. The van der Waals surface area contributed by atoms with Crippen LogP contribution >= 0.6 is 0 Å². The highest BCUT2D eigenvalue weighted by Gasteiger charge is 2.38. The molecule has 2 aliphatic rings. The fourth-order valence-electron chi connectivity index (χ4n) is 3.65. The smallest absolute Gasteiger partial charge is 0.337 e. The molecule has 3 rings (SSSR count). The van der Waals surface area contributed by atoms with E-state index >= 15 is 0 Å². The van der Waals surface area contributed by atoms with Crippen LogP contribution in [-0.2, 0) is 29.7 Å². The first-order chi connectivity index (χ1) is 14.1. The Morgan fingerprint density at radius 1 is 0.900 bits per heavy atom. The van der Waals surface area contributed by atoms with E-state index in [0.29, 0.717) is 0 Å². The standard InChI is InChI=1S/C18H27N3O7S2/c1-14-12-21(13-15(2)28-14)30(25,26)20-10-8-19(9-11-20)29(23,24)17-6-4-16(5-7-17)18(22)27-3/h4-7,14-15H,8-13H2,1-3H3. The highest BCUT2D eigenvalue weighted by molar-refractivity contribution is 7.89. The molecule has 2 aliphatic heterocycles. The average Bonchev–Trinajstić information content (AvgIpc) is 2.72. The maximum atomic E-state index is 13.0. The lowest BCUT2D eigenvalue weighted by Gasteiger charge is -2.39. The Bertz CT molecular complexity index is 962. The molecule has 0 saturated carbocycles. The summed E-state index contributed by atoms with van der Waals surface area (Å²) in [6.07, 6.45) is -0.392. The quantitative estimate of drug-likeness (QED) is 0.573. The van der Waals surface area contributed by atoms with Crippen molar-refractivity contribution in [3.05, 3.63) is 29.8 Å². The van der Waals surface area contributed by atoms with Crippen molar-refractivity contribution in [2.75, 3.05) is 46.4 Å². The molecule has 0 radical (unpaired) electrons. The Hall–Kier alpha value is -1.57. The minimum Gasteiger partial charge on any atom is -0.465 e. The Morgan fingerprint density at radius 2 is 1.40 bits per heavy atom. The molecular formula is C18H27N3O7S2. The van der Waals surface area contributed by atoms with E-state index in [4.69, 9.17) is 4.74 Å². The molecule has 30 heavy (non-hydrogen) atoms. The second-order valence-electron chi connectivity index (χ2n) is 7.40. The van der Waals surface area contributed by atoms with Gasteiger partial charge in [-0.15, -0.1) is 0 Å². The van der Waals surface area contributed by atoms with Gasteiger partial charge >= 0.3 is 5.97 Å². The van der Waals surface area contributed by atoms with Gasteiger partial charge in [-0.1, -0.05) is 0 Å². The van der Waals surface area contributed by atoms with Crippen molar-refractivity contribution in [1.82, 2.24) is 12.9 Å². The van der Waals surface area contributed by atoms with Gasteiger partial charge in [-0.25, -0.2) is 13.2 Å². The number of piperazine rings is 1. The molecule has 2 fully saturated rings. The fourth-order valence-corrected chi connectivity index (χ4v) is 6.82. The molecule has 1 aromatic carbocycles. The zero-order valence-corrected chi connectivity index (χ0v) is 18.9. The molecule has 0 aliphatic carbocycles. The van der Waals surface area contributed by atoms with Gasteiger partial charge in [0.05, 0.1) is 29.8 Å². The number of carbonyl (C=O) groups excluding carboxylic acids is 1. The predicted molar refractivity (Wildman–Crippen MR) is 109 cm³/mol. The number of morpholine rings is 1. The number of methoxy groups -OCH3 is 1. The Labute approximate surface area is 177 Å². The summed E-state index contributed by atoms with van der Waals surface area (Å²) in [5, 5.41) is 0. The number of esters is 1. The van der Waals surface area contributed by atoms with Crippen LogP contribution in [0.15, 0.2) is 29.2 Å². The highest BCUT2D eigenvalue weighted by atomic mass is 32.2. The number of hydrogen-bond acceptors (Lipinski definition) is 7. The SMILES string of the molecule is COC(=O)c1ccc(S(=O)(=O)N2CCN(S(=O)(=O)N3CC(C)OC(C)C3)CC2)cc1. The summed E-state index contributed by atoms with van der Waals surface area (Å²) in [6, 6.07) is 5.47. The first-order valence-electron chi connectivity index (χ1n) is 9.65. The molecule has 1 aromatic rings. The summed E-state index contributed by atoms with van der Waals surface area (Å²) >= 11 is 0. The van der Waals surface area contributed by atoms with E-state index in [2.05, 4.69) is 4.74 Å². The lowest BCUT2D eigenvalue weighted by Crippen LogP contribution is -2.57. The van der Waals surface area contributed by atoms with Gasteiger partial charge in [0.2, 0.25) is 10.0 Å². The van der Waals surface area contributed by atoms with Crippen molar-refractivity contribution in [2.45, 2.75) is 31.0 Å². The van der Waals surface area contributed by atoms with Gasteiger partial charge in [0, 0.05) is 39.3 Å². The lowest BCUT2D eigenvalue weighted by atomic mass is 10.2. The third-order valence-electron chi connectivity index (χ3n) is 5.15. The minimum absolute atomic E-state index is 0.0438. The molecule has 12 heteroatoms. The summed E-state index contributed by atoms with van der Waals surface area (Å²) in [5.74, 6) is -0.551. The van der Waals surface area contributed by atoms with E-state index in [1.165, 1.54) is 44.3 Å². The van der Waals surface area contributed by atoms with Gasteiger partial charge in [0.15, 0.2) is 0 Å². The predicted octanol–water partition coefficient (Wildman–Crippen LogP) is 0.134. The number of carbonyl (C=O) groups is 1. The van der Waals surface area contributed by atoms with Crippen LogP contribution in [0.25, 0.3) is 0 Å². The zero-order valence-electron chi connectivity index (χ0n) is 17.2. The number of rotatable bonds is 5. The topological polar surface area (TPSA) is 114 Å². The number of nitrogens with zero attached hydrogens (tertiary/aromatic N) is 3. The summed E-state index contributed by atoms with van der Waals surface area (Å²) in [5.41, 5.74) is 0.251. The van der Waals surface area contributed by atoms with E-state index < -0.39 is 26.2 Å². The van der Waals surface area contributed by atoms with Crippen molar-refractivity contribution in [3.63, 3.8) is 0 Å². The van der Waals surface area contributed by atoms with Crippen LogP contribution in [-0.4, -0.2) is 94.3 Å². The molecule has 2 unspecified atom stereocenters. The Balaban J connectivity index is 1.67. The number of hydrogen-bond donors (Lipinski definition) is 0. The van der Waals surface area contributed by atoms with Crippen molar-refractivity contribution in [2.24, 2.45) is 0 Å². The molecule has 0 bridgehead atoms. The number of sulfonamides is 1. The molecule has 0 N–H and O–H groups in total. The van der Waals surface area contributed by atoms with Gasteiger partial charge in [0.25, 0.3) is 10.2 Å². The van der Waals surface area contributed by atoms with Crippen LogP contribution in [0.3, 0.4) is 0 Å². The molecule has 168 valence electrons. The maximum absolute atomic E-state index is 13.0. The van der Waals surface area contributed by atoms with Gasteiger partial charge in [-0.3, -0.25) is 0 Å². The van der Waals surface area contributed by atoms with Crippen molar-refractivity contribution in [1.29, 1.82) is 0 Å². The molecule has 0 spiro atoms. The lowest BCUT2D eigenvalue weighted by molar-refractivity contribution is -0.0456. The molecule has 2 atom stereocenters. The number of benzene rings is 1. The van der Waals surface area contributed by atoms with Crippen LogP contribution in [0.1, 0.15) is 24.2 Å². The summed E-state index contributed by atoms with van der Waals surface area (Å²) < 4.78 is 65.9. The molecule has 2 saturated heterocycles. The molecule has 10 nitrogen and oxygen atoms in total. The first-order valence-corrected chi connectivity index (χ1v) is 12.5. The van der Waals surface area contributed by atoms with Gasteiger partial charge in [0.1, 0.15) is 0 Å². The monoisotopic (exact) mass is 461 g/mol. The molecule has 0 aromatic heterocycles. The van der Waals surface area contributed by atoms with E-state index in [0.717, 1.165) is 0 Å². The molecule has 2 heterocycles. The number of ether oxygens (including phenoxy) is 2. The van der Waals surface area contributed by atoms with Crippen LogP contribution in [0.2, 0.25) is 0 Å². The van der Waals surface area contributed by atoms with Gasteiger partial charge in [-0.2, -0.15) is 21.3 Å². The molecular weight excluding hydrogens is 434 g/mol. The normalized spacial score (nSPS) is 25.2. The third kappa shape index (κ3) is 4.68. The minimum atomic E-state index is -3.80. The van der Waals surface area contributed by atoms with Crippen molar-refractivity contribution in [3.8, 4) is 0 Å². The summed E-state index contributed by atoms with van der Waals surface area (Å²) in [6.45, 7) is 4.45. The van der Waals surface area contributed by atoms with Crippen LogP contribution < -0.4 is 0 Å². The van der Waals surface area contributed by atoms with Crippen LogP contribution in [0, 0.1) is 0 Å². The summed E-state index contributed by atoms with van der Waals surface area (Å²) in [7, 11) is -6.24. The van der Waals surface area contributed by atoms with E-state index in [1.807, 2.05) is 13.8 Å². The third-order valence-corrected chi connectivity index (χ3v) is 9.03. The molecule has 0 amide bonds. The van der Waals surface area contributed by atoms with Gasteiger partial charge in [-0.05, 0) is 38.1 Å². The van der Waals surface area contributed by atoms with E-state index in [1.54, 1.807) is 0 Å². The van der Waals surface area contributed by atoms with Crippen LogP contribution in [0.5, 0.6) is 0 Å². The highest BCUT2D eigenvalue weighted by Crippen LogP contribution is 2.22. The second kappa shape index (κ2) is 8.89. The van der Waals surface area contributed by atoms with Crippen molar-refractivity contribution >= 4 is 26.2 Å². The Morgan fingerprint density at radius 3 is 1.90 bits per heavy atom. The van der Waals surface area contributed by atoms with Crippen LogP contribution in [0.4, 0.5) is 0 Å². The largest absolute Gasteiger partial charge is 0.465 e. The van der Waals surface area contributed by atoms with Crippen molar-refractivity contribution < 1.29 is 31.1 Å². The fraction of sp³-hybridized carbons (Fsp3) is 0.611.